The van der Waals surface area contributed by atoms with E-state index in [1.165, 1.54) is 12.8 Å². The van der Waals surface area contributed by atoms with Gasteiger partial charge >= 0.3 is 0 Å². The molecule has 0 unspecified atom stereocenters. The lowest BCUT2D eigenvalue weighted by Crippen LogP contribution is -2.32. The van der Waals surface area contributed by atoms with Crippen LogP contribution in [0.2, 0.25) is 0 Å². The summed E-state index contributed by atoms with van der Waals surface area (Å²) in [6, 6.07) is 11.8. The number of hydrogen-bond acceptors (Lipinski definition) is 3. The summed E-state index contributed by atoms with van der Waals surface area (Å²) in [6.07, 6.45) is 6.86. The van der Waals surface area contributed by atoms with Crippen molar-refractivity contribution < 1.29 is 9.21 Å². The van der Waals surface area contributed by atoms with Gasteiger partial charge in [-0.2, -0.15) is 0 Å². The first kappa shape index (κ1) is 15.9. The fraction of sp³-hybridized carbons (Fsp3) is 0.400. The highest BCUT2D eigenvalue weighted by molar-refractivity contribution is 5.80. The molecule has 1 saturated heterocycles. The Labute approximate surface area is 147 Å². The number of benzene rings is 1. The van der Waals surface area contributed by atoms with Crippen molar-refractivity contribution >= 4 is 16.9 Å². The van der Waals surface area contributed by atoms with E-state index in [1.54, 1.807) is 6.26 Å². The Morgan fingerprint density at radius 2 is 1.84 bits per heavy atom. The van der Waals surface area contributed by atoms with Crippen molar-refractivity contribution in [2.24, 2.45) is 0 Å². The Balaban J connectivity index is 1.58. The Bertz CT molecular complexity index is 843. The number of amides is 1. The van der Waals surface area contributed by atoms with Gasteiger partial charge in [0.15, 0.2) is 11.6 Å². The van der Waals surface area contributed by atoms with Gasteiger partial charge in [0.2, 0.25) is 5.91 Å². The first-order valence-electron chi connectivity index (χ1n) is 9.10. The largest absolute Gasteiger partial charge is 0.461 e. The Morgan fingerprint density at radius 1 is 1.04 bits per heavy atom. The molecule has 0 atom stereocenters. The minimum absolute atomic E-state index is 0.241. The van der Waals surface area contributed by atoms with E-state index in [1.807, 2.05) is 41.3 Å². The summed E-state index contributed by atoms with van der Waals surface area (Å²) in [5, 5.41) is 0. The molecule has 0 N–H and O–H groups in total. The van der Waals surface area contributed by atoms with Crippen molar-refractivity contribution in [3.63, 3.8) is 0 Å². The number of carbonyl (C=O) groups excluding carboxylic acids is 1. The maximum atomic E-state index is 12.6. The molecule has 5 heteroatoms. The molecule has 0 radical (unpaired) electrons. The quantitative estimate of drug-likeness (QED) is 0.720. The number of aryl methyl sites for hydroxylation is 1. The molecule has 3 heterocycles. The molecule has 0 saturated carbocycles. The zero-order valence-corrected chi connectivity index (χ0v) is 14.4. The standard InChI is InChI=1S/C20H23N3O2/c24-19(22-12-5-1-2-6-13-22)11-14-23-17-9-4-3-8-16(17)21-20(23)18-10-7-15-25-18/h3-4,7-10,15H,1-2,5-6,11-14H2. The third kappa shape index (κ3) is 3.31. The number of aromatic nitrogens is 2. The fourth-order valence-corrected chi connectivity index (χ4v) is 3.58. The number of carbonyl (C=O) groups is 1. The molecule has 4 rings (SSSR count). The summed E-state index contributed by atoms with van der Waals surface area (Å²) >= 11 is 0. The van der Waals surface area contributed by atoms with E-state index in [4.69, 9.17) is 9.40 Å². The molecular formula is C20H23N3O2. The van der Waals surface area contributed by atoms with E-state index < -0.39 is 0 Å². The zero-order chi connectivity index (χ0) is 17.1. The third-order valence-corrected chi connectivity index (χ3v) is 4.90. The van der Waals surface area contributed by atoms with Gasteiger partial charge in [0.05, 0.1) is 17.3 Å². The van der Waals surface area contributed by atoms with Crippen LogP contribution in [0.3, 0.4) is 0 Å². The van der Waals surface area contributed by atoms with Crippen molar-refractivity contribution in [1.82, 2.24) is 14.5 Å². The van der Waals surface area contributed by atoms with Gasteiger partial charge in [0.25, 0.3) is 0 Å². The second-order valence-electron chi connectivity index (χ2n) is 6.60. The fourth-order valence-electron chi connectivity index (χ4n) is 3.58. The number of fused-ring (bicyclic) bond motifs is 1. The highest BCUT2D eigenvalue weighted by Gasteiger charge is 2.18. The summed E-state index contributed by atoms with van der Waals surface area (Å²) < 4.78 is 7.65. The van der Waals surface area contributed by atoms with E-state index in [9.17, 15) is 4.79 Å². The van der Waals surface area contributed by atoms with E-state index in [0.717, 1.165) is 48.5 Å². The van der Waals surface area contributed by atoms with Crippen molar-refractivity contribution in [3.8, 4) is 11.6 Å². The van der Waals surface area contributed by atoms with E-state index in [-0.39, 0.29) is 5.91 Å². The number of hydrogen-bond donors (Lipinski definition) is 0. The van der Waals surface area contributed by atoms with Gasteiger partial charge in [-0.15, -0.1) is 0 Å². The molecule has 25 heavy (non-hydrogen) atoms. The smallest absolute Gasteiger partial charge is 0.224 e. The van der Waals surface area contributed by atoms with Crippen LogP contribution in [0.15, 0.2) is 47.1 Å². The topological polar surface area (TPSA) is 51.3 Å². The van der Waals surface area contributed by atoms with Crippen LogP contribution in [0.4, 0.5) is 0 Å². The molecule has 0 spiro atoms. The van der Waals surface area contributed by atoms with Gasteiger partial charge < -0.3 is 13.9 Å². The predicted octanol–water partition coefficient (Wildman–Crippen LogP) is 4.09. The molecule has 1 amide bonds. The van der Waals surface area contributed by atoms with Crippen molar-refractivity contribution in [3.05, 3.63) is 42.7 Å². The van der Waals surface area contributed by atoms with Crippen LogP contribution in [0.1, 0.15) is 32.1 Å². The third-order valence-electron chi connectivity index (χ3n) is 4.90. The minimum Gasteiger partial charge on any atom is -0.461 e. The molecule has 1 aliphatic heterocycles. The summed E-state index contributed by atoms with van der Waals surface area (Å²) in [6.45, 7) is 2.41. The van der Waals surface area contributed by atoms with Crippen LogP contribution in [0.5, 0.6) is 0 Å². The predicted molar refractivity (Wildman–Crippen MR) is 97.1 cm³/mol. The molecule has 3 aromatic rings. The lowest BCUT2D eigenvalue weighted by atomic mass is 10.2. The van der Waals surface area contributed by atoms with Crippen LogP contribution in [0.25, 0.3) is 22.6 Å². The highest BCUT2D eigenvalue weighted by Crippen LogP contribution is 2.25. The molecule has 130 valence electrons. The van der Waals surface area contributed by atoms with Gasteiger partial charge in [-0.3, -0.25) is 4.79 Å². The molecule has 1 aliphatic rings. The van der Waals surface area contributed by atoms with Gasteiger partial charge in [-0.25, -0.2) is 4.98 Å². The monoisotopic (exact) mass is 337 g/mol. The average molecular weight is 337 g/mol. The number of rotatable bonds is 4. The van der Waals surface area contributed by atoms with Crippen molar-refractivity contribution in [2.75, 3.05) is 13.1 Å². The van der Waals surface area contributed by atoms with Crippen LogP contribution in [-0.2, 0) is 11.3 Å². The van der Waals surface area contributed by atoms with E-state index in [0.29, 0.717) is 13.0 Å². The number of likely N-dealkylation sites (tertiary alicyclic amines) is 1. The lowest BCUT2D eigenvalue weighted by Gasteiger charge is -2.20. The number of imidazole rings is 1. The molecule has 5 nitrogen and oxygen atoms in total. The molecular weight excluding hydrogens is 314 g/mol. The Morgan fingerprint density at radius 3 is 2.60 bits per heavy atom. The second kappa shape index (κ2) is 7.13. The summed E-state index contributed by atoms with van der Waals surface area (Å²) in [5.74, 6) is 1.76. The molecule has 0 aliphatic carbocycles. The van der Waals surface area contributed by atoms with E-state index >= 15 is 0 Å². The first-order chi connectivity index (χ1) is 12.3. The normalized spacial score (nSPS) is 15.4. The van der Waals surface area contributed by atoms with Crippen molar-refractivity contribution in [2.45, 2.75) is 38.6 Å². The van der Waals surface area contributed by atoms with Crippen molar-refractivity contribution in [1.29, 1.82) is 0 Å². The molecule has 1 fully saturated rings. The number of nitrogens with zero attached hydrogens (tertiary/aromatic N) is 3. The minimum atomic E-state index is 0.241. The maximum Gasteiger partial charge on any atom is 0.224 e. The summed E-state index contributed by atoms with van der Waals surface area (Å²) in [5.41, 5.74) is 1.97. The first-order valence-corrected chi connectivity index (χ1v) is 9.10. The SMILES string of the molecule is O=C(CCn1c(-c2ccco2)nc2ccccc21)N1CCCCCC1. The summed E-state index contributed by atoms with van der Waals surface area (Å²) in [4.78, 5) is 19.4. The molecule has 1 aromatic carbocycles. The van der Waals surface area contributed by atoms with Crippen LogP contribution in [0, 0.1) is 0 Å². The van der Waals surface area contributed by atoms with Crippen LogP contribution >= 0.6 is 0 Å². The summed E-state index contributed by atoms with van der Waals surface area (Å²) in [7, 11) is 0. The van der Waals surface area contributed by atoms with Crippen LogP contribution < -0.4 is 0 Å². The molecule has 2 aromatic heterocycles. The number of furan rings is 1. The Kier molecular flexibility index (Phi) is 4.55. The van der Waals surface area contributed by atoms with Gasteiger partial charge in [0.1, 0.15) is 0 Å². The van der Waals surface area contributed by atoms with Gasteiger partial charge in [0, 0.05) is 26.1 Å². The van der Waals surface area contributed by atoms with E-state index in [2.05, 4.69) is 4.57 Å². The number of para-hydroxylation sites is 2. The second-order valence-corrected chi connectivity index (χ2v) is 6.60. The van der Waals surface area contributed by atoms with Gasteiger partial charge in [-0.05, 0) is 37.1 Å². The zero-order valence-electron chi connectivity index (χ0n) is 14.4. The lowest BCUT2D eigenvalue weighted by molar-refractivity contribution is -0.131. The average Bonchev–Trinajstić information content (AvgIpc) is 3.20. The van der Waals surface area contributed by atoms with Gasteiger partial charge in [-0.1, -0.05) is 25.0 Å². The Hall–Kier alpha value is -2.56. The van der Waals surface area contributed by atoms with Crippen LogP contribution in [-0.4, -0.2) is 33.4 Å². The maximum absolute atomic E-state index is 12.6. The highest BCUT2D eigenvalue weighted by atomic mass is 16.3. The molecule has 0 bridgehead atoms.